The van der Waals surface area contributed by atoms with Crippen molar-refractivity contribution in [2.24, 2.45) is 5.92 Å². The normalized spacial score (nSPS) is 42.1. The Morgan fingerprint density at radius 3 is 2.93 bits per heavy atom. The van der Waals surface area contributed by atoms with Crippen molar-refractivity contribution in [1.29, 1.82) is 0 Å². The molecule has 14 heavy (non-hydrogen) atoms. The molecule has 1 N–H and O–H groups in total. The number of imidazole rings is 1. The maximum atomic E-state index is 4.46. The molecule has 0 aromatic carbocycles. The summed E-state index contributed by atoms with van der Waals surface area (Å²) >= 11 is 0. The summed E-state index contributed by atoms with van der Waals surface area (Å²) in [7, 11) is 2.24. The lowest BCUT2D eigenvalue weighted by Gasteiger charge is -2.28. The van der Waals surface area contributed by atoms with Crippen LogP contribution in [0.3, 0.4) is 0 Å². The minimum Gasteiger partial charge on any atom is -0.348 e. The predicted octanol–water partition coefficient (Wildman–Crippen LogP) is 1.39. The topological polar surface area (TPSA) is 31.9 Å². The molecule has 0 spiro atoms. The first-order chi connectivity index (χ1) is 6.73. The Labute approximate surface area is 84.5 Å². The van der Waals surface area contributed by atoms with Gasteiger partial charge in [-0.3, -0.25) is 0 Å². The molecule has 3 rings (SSSR count). The molecular weight excluding hydrogens is 174 g/mol. The van der Waals surface area contributed by atoms with E-state index in [1.165, 1.54) is 25.2 Å². The van der Waals surface area contributed by atoms with Crippen molar-refractivity contribution >= 4 is 0 Å². The Kier molecular flexibility index (Phi) is 1.57. The number of aromatic amines is 1. The van der Waals surface area contributed by atoms with Gasteiger partial charge in [0.1, 0.15) is 5.82 Å². The van der Waals surface area contributed by atoms with E-state index in [4.69, 9.17) is 0 Å². The minimum atomic E-state index is 0.276. The molecule has 1 saturated carbocycles. The van der Waals surface area contributed by atoms with E-state index < -0.39 is 0 Å². The summed E-state index contributed by atoms with van der Waals surface area (Å²) < 4.78 is 0. The van der Waals surface area contributed by atoms with Gasteiger partial charge in [0.2, 0.25) is 0 Å². The number of fused-ring (bicyclic) bond motifs is 2. The highest BCUT2D eigenvalue weighted by Crippen LogP contribution is 2.51. The van der Waals surface area contributed by atoms with Crippen molar-refractivity contribution in [2.75, 3.05) is 13.6 Å². The summed E-state index contributed by atoms with van der Waals surface area (Å²) in [6.07, 6.45) is 6.52. The van der Waals surface area contributed by atoms with E-state index >= 15 is 0 Å². The number of rotatable bonds is 1. The second-order valence-electron chi connectivity index (χ2n) is 4.95. The van der Waals surface area contributed by atoms with Gasteiger partial charge in [-0.2, -0.15) is 0 Å². The summed E-state index contributed by atoms with van der Waals surface area (Å²) in [4.78, 5) is 10.3. The Morgan fingerprint density at radius 1 is 1.57 bits per heavy atom. The summed E-state index contributed by atoms with van der Waals surface area (Å²) in [5.74, 6) is 1.98. The maximum absolute atomic E-state index is 4.46. The van der Waals surface area contributed by atoms with Crippen LogP contribution in [0.1, 0.15) is 25.6 Å². The van der Waals surface area contributed by atoms with Crippen molar-refractivity contribution in [3.63, 3.8) is 0 Å². The van der Waals surface area contributed by atoms with Crippen LogP contribution in [-0.4, -0.2) is 34.5 Å². The fraction of sp³-hybridized carbons (Fsp3) is 0.727. The molecule has 2 aliphatic rings. The van der Waals surface area contributed by atoms with E-state index in [1.54, 1.807) is 0 Å². The van der Waals surface area contributed by atoms with Gasteiger partial charge < -0.3 is 9.88 Å². The van der Waals surface area contributed by atoms with Crippen molar-refractivity contribution in [2.45, 2.75) is 31.2 Å². The van der Waals surface area contributed by atoms with Crippen LogP contribution >= 0.6 is 0 Å². The number of likely N-dealkylation sites (N-methyl/N-ethyl adjacent to an activating group) is 1. The minimum absolute atomic E-state index is 0.276. The third kappa shape index (κ3) is 0.836. The molecule has 76 valence electrons. The third-order valence-corrected chi connectivity index (χ3v) is 4.38. The number of H-pyrrole nitrogens is 1. The van der Waals surface area contributed by atoms with Crippen LogP contribution in [0.5, 0.6) is 0 Å². The standard InChI is InChI=1S/C11H17N3/c1-11(10-12-5-6-13-10)8-3-4-9(11)14(2)7-8/h5-6,8-9H,3-4,7H2,1-2H3,(H,12,13). The lowest BCUT2D eigenvalue weighted by Crippen LogP contribution is -2.37. The SMILES string of the molecule is CN1CC2CCC1C2(C)c1ncc[nH]1. The molecule has 1 aliphatic carbocycles. The Balaban J connectivity index is 2.05. The van der Waals surface area contributed by atoms with Gasteiger partial charge in [-0.25, -0.2) is 4.98 Å². The second-order valence-corrected chi connectivity index (χ2v) is 4.95. The van der Waals surface area contributed by atoms with E-state index in [0.29, 0.717) is 6.04 Å². The van der Waals surface area contributed by atoms with Crippen molar-refractivity contribution in [1.82, 2.24) is 14.9 Å². The largest absolute Gasteiger partial charge is 0.348 e. The van der Waals surface area contributed by atoms with E-state index in [1.807, 2.05) is 12.4 Å². The van der Waals surface area contributed by atoms with Crippen LogP contribution in [0.25, 0.3) is 0 Å². The summed E-state index contributed by atoms with van der Waals surface area (Å²) in [6, 6.07) is 0.693. The highest BCUT2D eigenvalue weighted by Gasteiger charge is 2.56. The number of hydrogen-bond acceptors (Lipinski definition) is 2. The first-order valence-corrected chi connectivity index (χ1v) is 5.43. The number of hydrogen-bond donors (Lipinski definition) is 1. The van der Waals surface area contributed by atoms with Gasteiger partial charge in [0.15, 0.2) is 0 Å². The lowest BCUT2D eigenvalue weighted by molar-refractivity contribution is 0.245. The number of likely N-dealkylation sites (tertiary alicyclic amines) is 1. The first kappa shape index (κ1) is 8.48. The zero-order valence-electron chi connectivity index (χ0n) is 8.83. The molecule has 2 heterocycles. The third-order valence-electron chi connectivity index (χ3n) is 4.38. The van der Waals surface area contributed by atoms with Crippen LogP contribution in [-0.2, 0) is 5.41 Å². The fourth-order valence-electron chi connectivity index (χ4n) is 3.58. The van der Waals surface area contributed by atoms with Gasteiger partial charge >= 0.3 is 0 Å². The average molecular weight is 191 g/mol. The molecule has 1 saturated heterocycles. The maximum Gasteiger partial charge on any atom is 0.113 e. The highest BCUT2D eigenvalue weighted by molar-refractivity contribution is 5.22. The zero-order valence-corrected chi connectivity index (χ0v) is 8.83. The van der Waals surface area contributed by atoms with E-state index in [0.717, 1.165) is 5.92 Å². The van der Waals surface area contributed by atoms with Crippen LogP contribution in [0, 0.1) is 5.92 Å². The number of aromatic nitrogens is 2. The predicted molar refractivity (Wildman–Crippen MR) is 55.1 cm³/mol. The van der Waals surface area contributed by atoms with E-state index in [9.17, 15) is 0 Å². The molecule has 3 nitrogen and oxygen atoms in total. The Hall–Kier alpha value is -0.830. The van der Waals surface area contributed by atoms with Gasteiger partial charge in [0.05, 0.1) is 0 Å². The molecule has 3 heteroatoms. The smallest absolute Gasteiger partial charge is 0.113 e. The Bertz CT molecular complexity index is 332. The molecule has 3 unspecified atom stereocenters. The molecule has 2 fully saturated rings. The quantitative estimate of drug-likeness (QED) is 0.727. The monoisotopic (exact) mass is 191 g/mol. The number of piperidine rings is 1. The van der Waals surface area contributed by atoms with Gasteiger partial charge in [0, 0.05) is 30.4 Å². The number of nitrogens with one attached hydrogen (secondary N) is 1. The zero-order chi connectivity index (χ0) is 9.76. The summed E-state index contributed by atoms with van der Waals surface area (Å²) in [5, 5.41) is 0. The van der Waals surface area contributed by atoms with Crippen molar-refractivity contribution < 1.29 is 0 Å². The summed E-state index contributed by atoms with van der Waals surface area (Å²) in [6.45, 7) is 3.61. The van der Waals surface area contributed by atoms with E-state index in [-0.39, 0.29) is 5.41 Å². The molecule has 1 aliphatic heterocycles. The van der Waals surface area contributed by atoms with E-state index in [2.05, 4.69) is 28.8 Å². The van der Waals surface area contributed by atoms with Crippen LogP contribution < -0.4 is 0 Å². The van der Waals surface area contributed by atoms with Gasteiger partial charge in [-0.15, -0.1) is 0 Å². The molecule has 0 radical (unpaired) electrons. The van der Waals surface area contributed by atoms with Crippen LogP contribution in [0.2, 0.25) is 0 Å². The van der Waals surface area contributed by atoms with Gasteiger partial charge in [-0.1, -0.05) is 6.92 Å². The Morgan fingerprint density at radius 2 is 2.43 bits per heavy atom. The number of nitrogens with zero attached hydrogens (tertiary/aromatic N) is 2. The lowest BCUT2D eigenvalue weighted by atomic mass is 9.80. The van der Waals surface area contributed by atoms with Crippen molar-refractivity contribution in [3.05, 3.63) is 18.2 Å². The molecule has 3 atom stereocenters. The molecule has 1 aromatic rings. The molecule has 0 amide bonds. The highest BCUT2D eigenvalue weighted by atomic mass is 15.2. The molecular formula is C11H17N3. The van der Waals surface area contributed by atoms with Gasteiger partial charge in [-0.05, 0) is 25.8 Å². The van der Waals surface area contributed by atoms with Gasteiger partial charge in [0.25, 0.3) is 0 Å². The molecule has 1 aromatic heterocycles. The summed E-state index contributed by atoms with van der Waals surface area (Å²) in [5.41, 5.74) is 0.276. The second kappa shape index (κ2) is 2.60. The van der Waals surface area contributed by atoms with Crippen LogP contribution in [0.4, 0.5) is 0 Å². The van der Waals surface area contributed by atoms with Crippen LogP contribution in [0.15, 0.2) is 12.4 Å². The van der Waals surface area contributed by atoms with Crippen molar-refractivity contribution in [3.8, 4) is 0 Å². The average Bonchev–Trinajstić information content (AvgIpc) is 2.81. The molecule has 2 bridgehead atoms. The first-order valence-electron chi connectivity index (χ1n) is 5.43. The fourth-order valence-corrected chi connectivity index (χ4v) is 3.58.